The number of carboxylic acid groups (broad SMARTS) is 1. The molecule has 0 aliphatic rings. The van der Waals surface area contributed by atoms with Gasteiger partial charge in [-0.15, -0.1) is 0 Å². The van der Waals surface area contributed by atoms with Crippen molar-refractivity contribution in [2.45, 2.75) is 9.79 Å². The molecule has 0 fully saturated rings. The molecule has 20 heavy (non-hydrogen) atoms. The summed E-state index contributed by atoms with van der Waals surface area (Å²) < 4.78 is 1.21. The molecule has 0 bridgehead atoms. The first-order valence-corrected chi connectivity index (χ1v) is 9.88. The van der Waals surface area contributed by atoms with E-state index in [0.29, 0.717) is 8.95 Å². The maximum atomic E-state index is 11.2. The summed E-state index contributed by atoms with van der Waals surface area (Å²) in [5.41, 5.74) is 0.261. The van der Waals surface area contributed by atoms with Crippen LogP contribution in [0.25, 0.3) is 0 Å². The fraction of sp³-hybridized carbons (Fsp3) is 0.133. The number of hydrogen-bond donors (Lipinski definition) is 1. The summed E-state index contributed by atoms with van der Waals surface area (Å²) in [5, 5.41) is 9.20. The molecule has 0 unspecified atom stereocenters. The van der Waals surface area contributed by atoms with Crippen molar-refractivity contribution in [2.75, 3.05) is 12.5 Å². The Hall–Kier alpha value is -0.780. The third kappa shape index (κ3) is 2.95. The van der Waals surface area contributed by atoms with E-state index >= 15 is 0 Å². The third-order valence-electron chi connectivity index (χ3n) is 3.15. The molecule has 0 spiro atoms. The molecule has 0 atom stereocenters. The van der Waals surface area contributed by atoms with E-state index < -0.39 is 16.0 Å². The summed E-state index contributed by atoms with van der Waals surface area (Å²) in [6.07, 6.45) is 4.41. The van der Waals surface area contributed by atoms with Crippen molar-refractivity contribution in [2.24, 2.45) is 0 Å². The molecule has 0 saturated heterocycles. The van der Waals surface area contributed by atoms with Gasteiger partial charge in [-0.05, 0) is 78.4 Å². The Morgan fingerprint density at radius 1 is 1.00 bits per heavy atom. The fourth-order valence-electron chi connectivity index (χ4n) is 1.95. The zero-order valence-electron chi connectivity index (χ0n) is 11.1. The van der Waals surface area contributed by atoms with Crippen LogP contribution in [0, 0.1) is 0 Å². The van der Waals surface area contributed by atoms with Gasteiger partial charge in [-0.3, -0.25) is 0 Å². The number of halogens is 2. The van der Waals surface area contributed by atoms with E-state index in [1.165, 1.54) is 4.90 Å². The highest BCUT2D eigenvalue weighted by Crippen LogP contribution is 2.57. The van der Waals surface area contributed by atoms with Crippen LogP contribution in [0.3, 0.4) is 0 Å². The molecule has 0 radical (unpaired) electrons. The van der Waals surface area contributed by atoms with Crippen molar-refractivity contribution in [3.8, 4) is 0 Å². The minimum atomic E-state index is -1.18. The van der Waals surface area contributed by atoms with Gasteiger partial charge >= 0.3 is 5.97 Å². The molecule has 1 N–H and O–H groups in total. The number of carbonyl (C=O) groups is 1. The topological polar surface area (TPSA) is 37.3 Å². The van der Waals surface area contributed by atoms with Crippen molar-refractivity contribution in [1.82, 2.24) is 0 Å². The van der Waals surface area contributed by atoms with Crippen LogP contribution in [0.1, 0.15) is 10.4 Å². The lowest BCUT2D eigenvalue weighted by atomic mass is 10.2. The summed E-state index contributed by atoms with van der Waals surface area (Å²) in [4.78, 5) is 13.6. The Morgan fingerprint density at radius 3 is 1.95 bits per heavy atom. The van der Waals surface area contributed by atoms with Crippen LogP contribution in [-0.2, 0) is 0 Å². The van der Waals surface area contributed by atoms with Gasteiger partial charge in [0.1, 0.15) is 0 Å². The number of rotatable bonds is 3. The van der Waals surface area contributed by atoms with Crippen molar-refractivity contribution in [1.29, 1.82) is 0 Å². The predicted octanol–water partition coefficient (Wildman–Crippen LogP) is 5.39. The van der Waals surface area contributed by atoms with Gasteiger partial charge in [0.25, 0.3) is 0 Å². The van der Waals surface area contributed by atoms with E-state index in [-0.39, 0.29) is 5.56 Å². The van der Waals surface area contributed by atoms with Crippen LogP contribution in [0.5, 0.6) is 0 Å². The molecule has 0 aliphatic heterocycles. The molecular formula is C15H14Br2O2S. The molecule has 0 aliphatic carbocycles. The number of carboxylic acids is 1. The van der Waals surface area contributed by atoms with Gasteiger partial charge < -0.3 is 5.11 Å². The lowest BCUT2D eigenvalue weighted by Gasteiger charge is -2.33. The van der Waals surface area contributed by atoms with Gasteiger partial charge in [-0.1, -0.05) is 18.2 Å². The third-order valence-corrected chi connectivity index (χ3v) is 7.27. The van der Waals surface area contributed by atoms with E-state index in [4.69, 9.17) is 0 Å². The average molecular weight is 418 g/mol. The van der Waals surface area contributed by atoms with Gasteiger partial charge in [0.2, 0.25) is 0 Å². The van der Waals surface area contributed by atoms with Crippen LogP contribution >= 0.6 is 41.9 Å². The second kappa shape index (κ2) is 5.92. The lowest BCUT2D eigenvalue weighted by Crippen LogP contribution is -2.03. The van der Waals surface area contributed by atoms with E-state index in [1.54, 1.807) is 0 Å². The van der Waals surface area contributed by atoms with E-state index in [1.807, 2.05) is 30.3 Å². The highest BCUT2D eigenvalue weighted by Gasteiger charge is 2.22. The molecular weight excluding hydrogens is 404 g/mol. The molecule has 0 amide bonds. The maximum Gasteiger partial charge on any atom is 0.337 e. The summed E-state index contributed by atoms with van der Waals surface area (Å²) in [5.74, 6) is -0.942. The normalized spacial score (nSPS) is 12.2. The van der Waals surface area contributed by atoms with Gasteiger partial charge in [-0.25, -0.2) is 4.79 Å². The minimum absolute atomic E-state index is 0.261. The van der Waals surface area contributed by atoms with E-state index in [2.05, 4.69) is 56.5 Å². The Bertz CT molecular complexity index is 631. The quantitative estimate of drug-likeness (QED) is 0.726. The first-order chi connectivity index (χ1) is 9.34. The summed E-state index contributed by atoms with van der Waals surface area (Å²) >= 11 is 6.73. The number of aromatic carboxylic acids is 1. The first-order valence-electron chi connectivity index (χ1n) is 5.85. The molecule has 5 heteroatoms. The summed E-state index contributed by atoms with van der Waals surface area (Å²) in [6, 6.07) is 14.1. The molecule has 0 aromatic heterocycles. The van der Waals surface area contributed by atoms with Gasteiger partial charge in [0, 0.05) is 8.95 Å². The monoisotopic (exact) mass is 416 g/mol. The van der Waals surface area contributed by atoms with Crippen LogP contribution < -0.4 is 0 Å². The number of hydrogen-bond acceptors (Lipinski definition) is 1. The minimum Gasteiger partial charge on any atom is -0.478 e. The van der Waals surface area contributed by atoms with Crippen LogP contribution in [0.15, 0.2) is 61.2 Å². The predicted molar refractivity (Wildman–Crippen MR) is 91.2 cm³/mol. The Morgan fingerprint density at radius 2 is 1.50 bits per heavy atom. The Balaban J connectivity index is 2.57. The molecule has 2 nitrogen and oxygen atoms in total. The van der Waals surface area contributed by atoms with Crippen LogP contribution in [-0.4, -0.2) is 23.6 Å². The smallest absolute Gasteiger partial charge is 0.337 e. The molecule has 0 saturated carbocycles. The summed E-state index contributed by atoms with van der Waals surface area (Å²) in [6.45, 7) is 0. The van der Waals surface area contributed by atoms with Crippen molar-refractivity contribution >= 4 is 47.9 Å². The molecule has 2 aromatic carbocycles. The van der Waals surface area contributed by atoms with Crippen molar-refractivity contribution < 1.29 is 9.90 Å². The highest BCUT2D eigenvalue weighted by molar-refractivity contribution is 9.11. The molecule has 2 rings (SSSR count). The zero-order valence-corrected chi connectivity index (χ0v) is 15.0. The largest absolute Gasteiger partial charge is 0.478 e. The first kappa shape index (κ1) is 15.6. The van der Waals surface area contributed by atoms with Crippen molar-refractivity contribution in [3.63, 3.8) is 0 Å². The molecule has 106 valence electrons. The average Bonchev–Trinajstić information content (AvgIpc) is 2.38. The lowest BCUT2D eigenvalue weighted by molar-refractivity contribution is 0.0695. The maximum absolute atomic E-state index is 11.2. The van der Waals surface area contributed by atoms with Gasteiger partial charge in [-0.2, -0.15) is 10.0 Å². The second-order valence-electron chi connectivity index (χ2n) is 4.71. The van der Waals surface area contributed by atoms with Crippen LogP contribution in [0.2, 0.25) is 0 Å². The number of benzene rings is 2. The Kier molecular flexibility index (Phi) is 4.62. The fourth-order valence-corrected chi connectivity index (χ4v) is 5.71. The van der Waals surface area contributed by atoms with Gasteiger partial charge in [0.05, 0.1) is 5.56 Å². The highest BCUT2D eigenvalue weighted by atomic mass is 79.9. The van der Waals surface area contributed by atoms with Crippen LogP contribution in [0.4, 0.5) is 0 Å². The van der Waals surface area contributed by atoms with E-state index in [0.717, 1.165) is 4.90 Å². The summed E-state index contributed by atoms with van der Waals surface area (Å²) in [7, 11) is -1.18. The molecule has 2 aromatic rings. The second-order valence-corrected chi connectivity index (χ2v) is 10.0. The van der Waals surface area contributed by atoms with Crippen molar-refractivity contribution in [3.05, 3.63) is 57.0 Å². The Labute approximate surface area is 136 Å². The van der Waals surface area contributed by atoms with E-state index in [9.17, 15) is 9.90 Å². The zero-order chi connectivity index (χ0) is 14.9. The standard InChI is InChI=1S/C15H14Br2O2S/c1-20(2,10-6-4-3-5-7-10)11-8-12(16)14(15(18)19)13(17)9-11/h3-9H,1-2H3,(H,18,19). The van der Waals surface area contributed by atoms with Gasteiger partial charge in [0.15, 0.2) is 0 Å². The molecule has 0 heterocycles. The SMILES string of the molecule is CS(C)(c1ccccc1)c1cc(Br)c(C(=O)O)c(Br)c1.